The molecular weight excluding hydrogens is 487 g/mol. The van der Waals surface area contributed by atoms with E-state index in [4.69, 9.17) is 8.22 Å². The van der Waals surface area contributed by atoms with Gasteiger partial charge in [-0.25, -0.2) is 12.8 Å². The molecule has 1 heterocycles. The summed E-state index contributed by atoms with van der Waals surface area (Å²) in [7, 11) is -4.14. The average Bonchev–Trinajstić information content (AvgIpc) is 2.69. The van der Waals surface area contributed by atoms with E-state index >= 15 is 0 Å². The van der Waals surface area contributed by atoms with Gasteiger partial charge in [0.25, 0.3) is 0 Å². The number of carbonyl (C=O) groups excluding carboxylic acids is 1. The fourth-order valence-corrected chi connectivity index (χ4v) is 3.09. The number of aliphatic carboxylic acids is 1. The van der Waals surface area contributed by atoms with Gasteiger partial charge in [0.1, 0.15) is 5.82 Å². The fourth-order valence-electron chi connectivity index (χ4n) is 2.72. The molecule has 2 atom stereocenters. The Balaban J connectivity index is 0.00000760. The van der Waals surface area contributed by atoms with Gasteiger partial charge in [0.15, 0.2) is 10.0 Å². The van der Waals surface area contributed by atoms with Gasteiger partial charge < -0.3 is 30.1 Å². The van der Waals surface area contributed by atoms with Crippen molar-refractivity contribution < 1.29 is 100 Å². The first-order chi connectivity index (χ1) is 17.3. The molecule has 0 unspecified atom stereocenters. The molecule has 2 aromatic rings. The van der Waals surface area contributed by atoms with Gasteiger partial charge >= 0.3 is 59.1 Å². The maximum atomic E-state index is 13.6. The van der Waals surface area contributed by atoms with Crippen molar-refractivity contribution >= 4 is 28.0 Å². The number of rotatable bonds is 10. The number of aliphatic hydroxyl groups excluding tert-OH is 2. The Morgan fingerprint density at radius 2 is 1.85 bits per heavy atom. The first-order valence-electron chi connectivity index (χ1n) is 12.1. The zero-order chi connectivity index (χ0) is 29.1. The van der Waals surface area contributed by atoms with Gasteiger partial charge in [0.05, 0.1) is 12.2 Å². The summed E-state index contributed by atoms with van der Waals surface area (Å²) in [6.45, 7) is -6.37. The molecule has 13 heteroatoms. The van der Waals surface area contributed by atoms with Gasteiger partial charge in [0.2, 0.25) is 0 Å². The van der Waals surface area contributed by atoms with Crippen LogP contribution in [0, 0.1) is 5.82 Å². The number of carboxylic acids is 1. The summed E-state index contributed by atoms with van der Waals surface area (Å²) in [5, 5.41) is 30.7. The van der Waals surface area contributed by atoms with Crippen LogP contribution in [0.25, 0.3) is 22.1 Å². The molecule has 0 saturated heterocycles. The van der Waals surface area contributed by atoms with Crippen molar-refractivity contribution in [3.63, 3.8) is 0 Å². The molecule has 2 N–H and O–H groups in total. The molecule has 0 saturated carbocycles. The minimum atomic E-state index is -4.14. The number of hydrogen-bond donors (Lipinski definition) is 2. The molecule has 0 bridgehead atoms. The maximum Gasteiger partial charge on any atom is 1.00 e. The van der Waals surface area contributed by atoms with Gasteiger partial charge in [-0.1, -0.05) is 38.0 Å². The number of sulfonamides is 1. The van der Waals surface area contributed by atoms with E-state index in [1.54, 1.807) is 0 Å². The Kier molecular flexibility index (Phi) is 10.1. The van der Waals surface area contributed by atoms with E-state index < -0.39 is 78.1 Å². The van der Waals surface area contributed by atoms with Crippen molar-refractivity contribution in [3.8, 4) is 11.3 Å². The monoisotopic (exact) mass is 517 g/mol. The van der Waals surface area contributed by atoms with Crippen LogP contribution >= 0.6 is 0 Å². The van der Waals surface area contributed by atoms with Crippen LogP contribution in [0.1, 0.15) is 51.9 Å². The summed E-state index contributed by atoms with van der Waals surface area (Å²) in [5.74, 6) is -5.26. The summed E-state index contributed by atoms with van der Waals surface area (Å²) in [6, 6.07) is 4.47. The van der Waals surface area contributed by atoms with Crippen LogP contribution < -0.4 is 64.2 Å². The Bertz CT molecular complexity index is 1280. The minimum Gasteiger partial charge on any atom is -0.550 e. The van der Waals surface area contributed by atoms with E-state index in [0.717, 1.165) is 24.3 Å². The van der Waals surface area contributed by atoms with Crippen LogP contribution in [0.5, 0.6) is 0 Å². The fraction of sp³-hybridized carbons (Fsp3) is 0.381. The van der Waals surface area contributed by atoms with Gasteiger partial charge in [-0.3, -0.25) is 4.72 Å². The molecule has 0 spiro atoms. The third-order valence-electron chi connectivity index (χ3n) is 4.00. The molecule has 9 nitrogen and oxygen atoms in total. The number of hydrogen-bond acceptors (Lipinski definition) is 8. The summed E-state index contributed by atoms with van der Waals surface area (Å²) < 4.78 is 87.7. The molecule has 34 heavy (non-hydrogen) atoms. The van der Waals surface area contributed by atoms with Crippen LogP contribution in [-0.4, -0.2) is 53.0 Å². The second-order valence-corrected chi connectivity index (χ2v) is 8.48. The standard InChI is InChI=1S/C21H26FN3O6S.2Na/c1-12(2)19-17(9-8-15(26)10-16(27)11-18(28)29)20(13-4-6-14(22)7-5-13)24-21(23-19)25-32(3,30)31;;/h4-9,12,15-16,26-27H,10-11H2,1-3H3,(H2,23,24,25,28,29);;/q;2*+1/p-2/b9-8+;;/t15-,16-;;/m0../s1/i1D3,2D3;;. The van der Waals surface area contributed by atoms with Crippen LogP contribution in [0.2, 0.25) is 0 Å². The number of halogens is 1. The zero-order valence-corrected chi connectivity index (χ0v) is 23.6. The Morgan fingerprint density at radius 3 is 2.38 bits per heavy atom. The molecule has 0 fully saturated rings. The van der Waals surface area contributed by atoms with E-state index in [2.05, 4.69) is 14.7 Å². The quantitative estimate of drug-likeness (QED) is 0.300. The summed E-state index contributed by atoms with van der Waals surface area (Å²) in [4.78, 5) is 18.5. The molecular formula is C21H24FN3Na2O6S. The Labute approximate surface area is 251 Å². The molecule has 0 aliphatic heterocycles. The zero-order valence-electron chi connectivity index (χ0n) is 24.8. The molecule has 2 rings (SSSR count). The van der Waals surface area contributed by atoms with E-state index in [1.807, 2.05) is 0 Å². The average molecular weight is 518 g/mol. The smallest absolute Gasteiger partial charge is 0.550 e. The number of benzene rings is 1. The SMILES string of the molecule is [2H]C([2H])([2H])C(c1nc([N-]S(C)(=O)=O)nc(-c2ccc(F)cc2)c1/C=C/[C@H](O)C[C@H](O)CC(=O)[O-])C([2H])([2H])[2H].[Na+].[Na+]. The summed E-state index contributed by atoms with van der Waals surface area (Å²) >= 11 is 0. The minimum absolute atomic E-state index is 0. The molecule has 0 aliphatic carbocycles. The first-order valence-corrected chi connectivity index (χ1v) is 11.0. The van der Waals surface area contributed by atoms with Gasteiger partial charge in [0, 0.05) is 44.9 Å². The third kappa shape index (κ3) is 10.8. The van der Waals surface area contributed by atoms with Gasteiger partial charge in [-0.15, -0.1) is 0 Å². The number of carboxylic acid groups (broad SMARTS) is 1. The van der Waals surface area contributed by atoms with Crippen molar-refractivity contribution in [1.29, 1.82) is 0 Å². The van der Waals surface area contributed by atoms with Crippen molar-refractivity contribution in [2.45, 2.75) is 44.7 Å². The van der Waals surface area contributed by atoms with Gasteiger partial charge in [-0.2, -0.15) is 0 Å². The van der Waals surface area contributed by atoms with Gasteiger partial charge in [-0.05, 0) is 34.9 Å². The Morgan fingerprint density at radius 1 is 1.24 bits per heavy atom. The van der Waals surface area contributed by atoms with E-state index in [9.17, 15) is 32.9 Å². The number of aliphatic hydroxyl groups is 2. The second kappa shape index (κ2) is 14.6. The van der Waals surface area contributed by atoms with Crippen LogP contribution in [0.4, 0.5) is 10.3 Å². The second-order valence-electron chi connectivity index (χ2n) is 6.83. The first kappa shape index (κ1) is 23.5. The Hall–Kier alpha value is -0.890. The number of carbonyl (C=O) groups is 1. The largest absolute Gasteiger partial charge is 1.00 e. The van der Waals surface area contributed by atoms with E-state index in [1.165, 1.54) is 12.1 Å². The summed E-state index contributed by atoms with van der Waals surface area (Å²) in [6.07, 6.45) is -1.48. The molecule has 0 amide bonds. The van der Waals surface area contributed by atoms with Crippen LogP contribution in [0.15, 0.2) is 30.3 Å². The predicted octanol–water partition coefficient (Wildman–Crippen LogP) is -4.36. The third-order valence-corrected chi connectivity index (χ3v) is 4.50. The topological polar surface area (TPSA) is 155 Å². The van der Waals surface area contributed by atoms with E-state index in [0.29, 0.717) is 6.26 Å². The van der Waals surface area contributed by atoms with Crippen LogP contribution in [0.3, 0.4) is 0 Å². The maximum absolute atomic E-state index is 13.6. The normalized spacial score (nSPS) is 16.5. The van der Waals surface area contributed by atoms with Crippen molar-refractivity contribution in [3.05, 3.63) is 52.1 Å². The molecule has 0 radical (unpaired) electrons. The number of nitrogens with zero attached hydrogens (tertiary/aromatic N) is 3. The summed E-state index contributed by atoms with van der Waals surface area (Å²) in [5.41, 5.74) is -1.05. The molecule has 1 aromatic carbocycles. The number of aromatic nitrogens is 2. The van der Waals surface area contributed by atoms with E-state index in [-0.39, 0.29) is 75.9 Å². The predicted molar refractivity (Wildman–Crippen MR) is 115 cm³/mol. The van der Waals surface area contributed by atoms with Crippen LogP contribution in [-0.2, 0) is 14.8 Å². The molecule has 0 aliphatic rings. The molecule has 174 valence electrons. The van der Waals surface area contributed by atoms with Crippen molar-refractivity contribution in [2.24, 2.45) is 0 Å². The van der Waals surface area contributed by atoms with Crippen molar-refractivity contribution in [1.82, 2.24) is 9.97 Å². The van der Waals surface area contributed by atoms with Crippen molar-refractivity contribution in [2.75, 3.05) is 6.26 Å². The molecule has 1 aromatic heterocycles.